The van der Waals surface area contributed by atoms with E-state index < -0.39 is 0 Å². The molecule has 0 saturated carbocycles. The van der Waals surface area contributed by atoms with Crippen LogP contribution in [0.25, 0.3) is 0 Å². The number of nitrogens with one attached hydrogen (secondary N) is 1. The molecule has 1 unspecified atom stereocenters. The number of nitriles is 1. The molecule has 0 aromatic rings. The van der Waals surface area contributed by atoms with Crippen LogP contribution in [0, 0.1) is 17.2 Å². The van der Waals surface area contributed by atoms with Gasteiger partial charge in [-0.1, -0.05) is 20.8 Å². The zero-order valence-corrected chi connectivity index (χ0v) is 9.88. The maximum Gasteiger partial charge on any atom is 0.108 e. The fraction of sp³-hybridized carbons (Fsp3) is 0.909. The molecule has 0 aromatic carbocycles. The van der Waals surface area contributed by atoms with Crippen molar-refractivity contribution in [2.45, 2.75) is 33.2 Å². The first-order valence-corrected chi connectivity index (χ1v) is 5.41. The lowest BCUT2D eigenvalue weighted by atomic mass is 10.1. The first-order valence-electron chi connectivity index (χ1n) is 5.41. The minimum Gasteiger partial charge on any atom is -0.304 e. The topological polar surface area (TPSA) is 39.1 Å². The Kier molecular flexibility index (Phi) is 7.45. The van der Waals surface area contributed by atoms with Gasteiger partial charge in [0.2, 0.25) is 0 Å². The number of hydrogen-bond acceptors (Lipinski definition) is 3. The van der Waals surface area contributed by atoms with Gasteiger partial charge in [-0.25, -0.2) is 0 Å². The number of likely N-dealkylation sites (N-methyl/N-ethyl adjacent to an activating group) is 2. The van der Waals surface area contributed by atoms with Gasteiger partial charge in [-0.3, -0.25) is 0 Å². The van der Waals surface area contributed by atoms with Gasteiger partial charge in [0.1, 0.15) is 6.04 Å². The summed E-state index contributed by atoms with van der Waals surface area (Å²) in [5, 5.41) is 12.0. The summed E-state index contributed by atoms with van der Waals surface area (Å²) in [4.78, 5) is 2.22. The molecule has 1 atom stereocenters. The maximum absolute atomic E-state index is 8.84. The zero-order valence-electron chi connectivity index (χ0n) is 9.88. The molecule has 0 fully saturated rings. The van der Waals surface area contributed by atoms with Crippen molar-refractivity contribution in [2.24, 2.45) is 5.92 Å². The van der Waals surface area contributed by atoms with Crippen LogP contribution in [0.2, 0.25) is 0 Å². The third-order valence-electron chi connectivity index (χ3n) is 2.19. The van der Waals surface area contributed by atoms with Crippen LogP contribution in [-0.4, -0.2) is 37.6 Å². The first kappa shape index (κ1) is 13.4. The van der Waals surface area contributed by atoms with Gasteiger partial charge in [0.15, 0.2) is 0 Å². The molecule has 3 heteroatoms. The highest BCUT2D eigenvalue weighted by molar-refractivity contribution is 4.91. The highest BCUT2D eigenvalue weighted by Crippen LogP contribution is 2.00. The Hall–Kier alpha value is -0.590. The van der Waals surface area contributed by atoms with Crippen LogP contribution in [0.4, 0.5) is 0 Å². The van der Waals surface area contributed by atoms with Crippen molar-refractivity contribution in [2.75, 3.05) is 26.7 Å². The van der Waals surface area contributed by atoms with Crippen molar-refractivity contribution >= 4 is 0 Å². The van der Waals surface area contributed by atoms with E-state index in [1.54, 1.807) is 0 Å². The fourth-order valence-electron chi connectivity index (χ4n) is 1.28. The van der Waals surface area contributed by atoms with Gasteiger partial charge in [-0.05, 0) is 32.5 Å². The van der Waals surface area contributed by atoms with Crippen molar-refractivity contribution < 1.29 is 0 Å². The lowest BCUT2D eigenvalue weighted by molar-refractivity contribution is 0.293. The summed E-state index contributed by atoms with van der Waals surface area (Å²) < 4.78 is 0. The predicted molar refractivity (Wildman–Crippen MR) is 60.0 cm³/mol. The Balaban J connectivity index is 3.68. The summed E-state index contributed by atoms with van der Waals surface area (Å²) >= 11 is 0. The van der Waals surface area contributed by atoms with Crippen molar-refractivity contribution in [3.63, 3.8) is 0 Å². The summed E-state index contributed by atoms with van der Waals surface area (Å²) in [7, 11) is 2.07. The van der Waals surface area contributed by atoms with Gasteiger partial charge in [0, 0.05) is 6.54 Å². The Morgan fingerprint density at radius 3 is 2.50 bits per heavy atom. The first-order chi connectivity index (χ1) is 6.60. The number of nitrogens with zero attached hydrogens (tertiary/aromatic N) is 2. The average molecular weight is 197 g/mol. The van der Waals surface area contributed by atoms with Gasteiger partial charge in [-0.15, -0.1) is 0 Å². The molecule has 0 heterocycles. The van der Waals surface area contributed by atoms with Gasteiger partial charge in [0.25, 0.3) is 0 Å². The van der Waals surface area contributed by atoms with E-state index in [-0.39, 0.29) is 6.04 Å². The van der Waals surface area contributed by atoms with E-state index >= 15 is 0 Å². The number of hydrogen-bond donors (Lipinski definition) is 1. The van der Waals surface area contributed by atoms with Crippen molar-refractivity contribution in [1.29, 1.82) is 5.26 Å². The molecule has 0 aliphatic rings. The van der Waals surface area contributed by atoms with Crippen LogP contribution in [0.3, 0.4) is 0 Å². The zero-order chi connectivity index (χ0) is 11.0. The van der Waals surface area contributed by atoms with Gasteiger partial charge in [0.05, 0.1) is 6.07 Å². The van der Waals surface area contributed by atoms with E-state index in [9.17, 15) is 0 Å². The van der Waals surface area contributed by atoms with Crippen LogP contribution in [0.1, 0.15) is 27.2 Å². The Morgan fingerprint density at radius 1 is 1.43 bits per heavy atom. The van der Waals surface area contributed by atoms with Gasteiger partial charge in [-0.2, -0.15) is 5.26 Å². The molecule has 1 N–H and O–H groups in total. The summed E-state index contributed by atoms with van der Waals surface area (Å²) in [6.07, 6.45) is 1.20. The van der Waals surface area contributed by atoms with Crippen LogP contribution in [0.5, 0.6) is 0 Å². The molecule has 0 saturated heterocycles. The molecule has 0 aromatic heterocycles. The van der Waals surface area contributed by atoms with E-state index in [2.05, 4.69) is 37.2 Å². The summed E-state index contributed by atoms with van der Waals surface area (Å²) in [6.45, 7) is 9.22. The fourth-order valence-corrected chi connectivity index (χ4v) is 1.28. The summed E-state index contributed by atoms with van der Waals surface area (Å²) in [5.41, 5.74) is 0. The third-order valence-corrected chi connectivity index (χ3v) is 2.19. The quantitative estimate of drug-likeness (QED) is 0.671. The summed E-state index contributed by atoms with van der Waals surface area (Å²) in [5.74, 6) is 0.733. The second-order valence-corrected chi connectivity index (χ2v) is 4.18. The molecule has 14 heavy (non-hydrogen) atoms. The molecule has 0 spiro atoms. The van der Waals surface area contributed by atoms with Crippen LogP contribution >= 0.6 is 0 Å². The molecule has 82 valence electrons. The maximum atomic E-state index is 8.84. The standard InChI is InChI=1S/C11H23N3/c1-5-13-11(8-12)9-14(4)7-6-10(2)3/h10-11,13H,5-7,9H2,1-4H3. The lowest BCUT2D eigenvalue weighted by Crippen LogP contribution is -2.39. The Bertz CT molecular complexity index is 172. The second-order valence-electron chi connectivity index (χ2n) is 4.18. The van der Waals surface area contributed by atoms with Crippen LogP contribution in [-0.2, 0) is 0 Å². The van der Waals surface area contributed by atoms with E-state index in [4.69, 9.17) is 5.26 Å². The third kappa shape index (κ3) is 6.88. The monoisotopic (exact) mass is 197 g/mol. The highest BCUT2D eigenvalue weighted by Gasteiger charge is 2.08. The highest BCUT2D eigenvalue weighted by atomic mass is 15.1. The van der Waals surface area contributed by atoms with E-state index in [1.807, 2.05) is 6.92 Å². The van der Waals surface area contributed by atoms with Gasteiger partial charge < -0.3 is 10.2 Å². The number of rotatable bonds is 7. The average Bonchev–Trinajstić information content (AvgIpc) is 2.14. The van der Waals surface area contributed by atoms with Crippen molar-refractivity contribution in [3.05, 3.63) is 0 Å². The Morgan fingerprint density at radius 2 is 2.07 bits per heavy atom. The van der Waals surface area contributed by atoms with Crippen molar-refractivity contribution in [3.8, 4) is 6.07 Å². The molecule has 3 nitrogen and oxygen atoms in total. The minimum absolute atomic E-state index is 0.0304. The second kappa shape index (κ2) is 7.78. The van der Waals surface area contributed by atoms with E-state index in [0.29, 0.717) is 0 Å². The Labute approximate surface area is 88.1 Å². The normalized spacial score (nSPS) is 13.2. The van der Waals surface area contributed by atoms with Crippen LogP contribution < -0.4 is 5.32 Å². The molecule has 0 bridgehead atoms. The SMILES string of the molecule is CCNC(C#N)CN(C)CCC(C)C. The molecule has 0 aliphatic heterocycles. The lowest BCUT2D eigenvalue weighted by Gasteiger charge is -2.20. The molecule has 0 aliphatic carbocycles. The van der Waals surface area contributed by atoms with Crippen LogP contribution in [0.15, 0.2) is 0 Å². The predicted octanol–water partition coefficient (Wildman–Crippen LogP) is 1.47. The van der Waals surface area contributed by atoms with Crippen molar-refractivity contribution in [1.82, 2.24) is 10.2 Å². The largest absolute Gasteiger partial charge is 0.304 e. The molecule has 0 radical (unpaired) electrons. The molecule has 0 amide bonds. The summed E-state index contributed by atoms with van der Waals surface area (Å²) in [6, 6.07) is 2.24. The van der Waals surface area contributed by atoms with E-state index in [0.717, 1.165) is 25.6 Å². The molecular weight excluding hydrogens is 174 g/mol. The smallest absolute Gasteiger partial charge is 0.108 e. The minimum atomic E-state index is -0.0304. The molecule has 0 rings (SSSR count). The van der Waals surface area contributed by atoms with E-state index in [1.165, 1.54) is 6.42 Å². The van der Waals surface area contributed by atoms with Gasteiger partial charge >= 0.3 is 0 Å². The molecular formula is C11H23N3.